The fourth-order valence-corrected chi connectivity index (χ4v) is 4.82. The smallest absolute Gasteiger partial charge is 0.242 e. The van der Waals surface area contributed by atoms with Crippen LogP contribution in [-0.2, 0) is 17.9 Å². The molecule has 36 heavy (non-hydrogen) atoms. The lowest BCUT2D eigenvalue weighted by atomic mass is 10.1. The highest BCUT2D eigenvalue weighted by molar-refractivity contribution is 8.00. The van der Waals surface area contributed by atoms with Gasteiger partial charge in [0.2, 0.25) is 5.91 Å². The average molecular weight is 499 g/mol. The standard InChI is InChI=1S/C29H30N4O2S/c1-5-16-33-26(19-35-24-13-9-10-20(2)17-24)31-32-29(33)36-27(23-11-7-6-8-12-23)28(34)30-25-18-21(3)14-15-22(25)4/h5-15,17-18,27H,1,16,19H2,2-4H3,(H,30,34). The van der Waals surface area contributed by atoms with Crippen LogP contribution in [0.4, 0.5) is 5.69 Å². The summed E-state index contributed by atoms with van der Waals surface area (Å²) < 4.78 is 7.91. The molecule has 0 saturated carbocycles. The van der Waals surface area contributed by atoms with E-state index in [1.54, 1.807) is 6.08 Å². The van der Waals surface area contributed by atoms with Crippen LogP contribution in [0.3, 0.4) is 0 Å². The number of thioether (sulfide) groups is 1. The topological polar surface area (TPSA) is 69.0 Å². The molecule has 1 unspecified atom stereocenters. The van der Waals surface area contributed by atoms with Gasteiger partial charge in [0.05, 0.1) is 0 Å². The molecule has 0 aliphatic rings. The van der Waals surface area contributed by atoms with Crippen LogP contribution in [0.15, 0.2) is 90.6 Å². The van der Waals surface area contributed by atoms with Crippen molar-refractivity contribution in [1.29, 1.82) is 0 Å². The summed E-state index contributed by atoms with van der Waals surface area (Å²) in [6.45, 7) is 10.7. The SMILES string of the molecule is C=CCn1c(COc2cccc(C)c2)nnc1SC(C(=O)Nc1cc(C)ccc1C)c1ccccc1. The van der Waals surface area contributed by atoms with Gasteiger partial charge in [0.1, 0.15) is 17.6 Å². The van der Waals surface area contributed by atoms with Crippen molar-refractivity contribution >= 4 is 23.4 Å². The number of carbonyl (C=O) groups is 1. The Morgan fingerprint density at radius 3 is 2.56 bits per heavy atom. The monoisotopic (exact) mass is 498 g/mol. The molecule has 0 aliphatic carbocycles. The second-order valence-electron chi connectivity index (χ2n) is 8.62. The van der Waals surface area contributed by atoms with Crippen LogP contribution in [0.25, 0.3) is 0 Å². The molecule has 1 N–H and O–H groups in total. The Labute approximate surface area is 216 Å². The maximum atomic E-state index is 13.6. The first-order valence-electron chi connectivity index (χ1n) is 11.8. The predicted molar refractivity (Wildman–Crippen MR) is 145 cm³/mol. The van der Waals surface area contributed by atoms with E-state index in [4.69, 9.17) is 4.74 Å². The number of anilines is 1. The number of hydrogen-bond acceptors (Lipinski definition) is 5. The molecule has 1 aromatic heterocycles. The highest BCUT2D eigenvalue weighted by atomic mass is 32.2. The van der Waals surface area contributed by atoms with Gasteiger partial charge >= 0.3 is 0 Å². The fraction of sp³-hybridized carbons (Fsp3) is 0.207. The van der Waals surface area contributed by atoms with Crippen molar-refractivity contribution in [3.05, 3.63) is 114 Å². The van der Waals surface area contributed by atoms with Gasteiger partial charge in [-0.1, -0.05) is 72.4 Å². The van der Waals surface area contributed by atoms with Crippen LogP contribution < -0.4 is 10.1 Å². The fourth-order valence-electron chi connectivity index (χ4n) is 3.75. The molecule has 3 aromatic carbocycles. The molecule has 0 saturated heterocycles. The van der Waals surface area contributed by atoms with Crippen molar-refractivity contribution < 1.29 is 9.53 Å². The molecule has 4 rings (SSSR count). The van der Waals surface area contributed by atoms with Crippen LogP contribution >= 0.6 is 11.8 Å². The van der Waals surface area contributed by atoms with Gasteiger partial charge in [-0.15, -0.1) is 16.8 Å². The Bertz CT molecular complexity index is 1350. The summed E-state index contributed by atoms with van der Waals surface area (Å²) in [5.74, 6) is 1.32. The molecule has 0 radical (unpaired) electrons. The van der Waals surface area contributed by atoms with Crippen molar-refractivity contribution in [2.45, 2.75) is 44.3 Å². The van der Waals surface area contributed by atoms with Crippen LogP contribution in [-0.4, -0.2) is 20.7 Å². The van der Waals surface area contributed by atoms with E-state index in [-0.39, 0.29) is 12.5 Å². The molecule has 0 aliphatic heterocycles. The zero-order valence-electron chi connectivity index (χ0n) is 20.8. The molecule has 6 nitrogen and oxygen atoms in total. The van der Waals surface area contributed by atoms with Gasteiger partial charge in [0.25, 0.3) is 0 Å². The zero-order valence-corrected chi connectivity index (χ0v) is 21.6. The van der Waals surface area contributed by atoms with Crippen molar-refractivity contribution in [2.75, 3.05) is 5.32 Å². The molecule has 4 aromatic rings. The Kier molecular flexibility index (Phi) is 8.23. The van der Waals surface area contributed by atoms with Gasteiger partial charge < -0.3 is 10.1 Å². The quantitative estimate of drug-likeness (QED) is 0.201. The van der Waals surface area contributed by atoms with Gasteiger partial charge in [-0.2, -0.15) is 0 Å². The molecular formula is C29H30N4O2S. The number of aryl methyl sites for hydroxylation is 3. The normalized spacial score (nSPS) is 11.6. The summed E-state index contributed by atoms with van der Waals surface area (Å²) in [4.78, 5) is 13.6. The van der Waals surface area contributed by atoms with Gasteiger partial charge in [-0.3, -0.25) is 9.36 Å². The first-order valence-corrected chi connectivity index (χ1v) is 12.6. The summed E-state index contributed by atoms with van der Waals surface area (Å²) in [5.41, 5.74) is 4.91. The molecule has 0 spiro atoms. The molecule has 0 bridgehead atoms. The minimum atomic E-state index is -0.524. The minimum Gasteiger partial charge on any atom is -0.486 e. The highest BCUT2D eigenvalue weighted by Crippen LogP contribution is 2.36. The van der Waals surface area contributed by atoms with Crippen LogP contribution in [0.5, 0.6) is 5.75 Å². The van der Waals surface area contributed by atoms with E-state index in [0.29, 0.717) is 17.5 Å². The van der Waals surface area contributed by atoms with E-state index >= 15 is 0 Å². The van der Waals surface area contributed by atoms with Crippen molar-refractivity contribution in [3.8, 4) is 5.75 Å². The Hall–Kier alpha value is -3.84. The third-order valence-corrected chi connectivity index (χ3v) is 6.91. The van der Waals surface area contributed by atoms with Gasteiger partial charge in [0.15, 0.2) is 11.0 Å². The maximum absolute atomic E-state index is 13.6. The molecule has 1 atom stereocenters. The summed E-state index contributed by atoms with van der Waals surface area (Å²) in [6.07, 6.45) is 1.79. The highest BCUT2D eigenvalue weighted by Gasteiger charge is 2.26. The summed E-state index contributed by atoms with van der Waals surface area (Å²) in [5, 5.41) is 12.0. The van der Waals surface area contributed by atoms with Crippen molar-refractivity contribution in [1.82, 2.24) is 14.8 Å². The van der Waals surface area contributed by atoms with E-state index in [0.717, 1.165) is 33.7 Å². The van der Waals surface area contributed by atoms with Gasteiger partial charge in [-0.25, -0.2) is 0 Å². The second-order valence-corrected chi connectivity index (χ2v) is 9.69. The van der Waals surface area contributed by atoms with Crippen LogP contribution in [0.1, 0.15) is 33.3 Å². The summed E-state index contributed by atoms with van der Waals surface area (Å²) in [6, 6.07) is 23.6. The number of aromatic nitrogens is 3. The van der Waals surface area contributed by atoms with E-state index < -0.39 is 5.25 Å². The van der Waals surface area contributed by atoms with Gasteiger partial charge in [-0.05, 0) is 61.2 Å². The number of benzene rings is 3. The third kappa shape index (κ3) is 6.23. The summed E-state index contributed by atoms with van der Waals surface area (Å²) >= 11 is 1.36. The average Bonchev–Trinajstić information content (AvgIpc) is 3.25. The van der Waals surface area contributed by atoms with E-state index in [1.807, 2.05) is 98.1 Å². The molecule has 7 heteroatoms. The molecule has 184 valence electrons. The zero-order chi connectivity index (χ0) is 25.5. The van der Waals surface area contributed by atoms with Crippen molar-refractivity contribution in [2.24, 2.45) is 0 Å². The number of hydrogen-bond donors (Lipinski definition) is 1. The predicted octanol–water partition coefficient (Wildman–Crippen LogP) is 6.44. The minimum absolute atomic E-state index is 0.120. The van der Waals surface area contributed by atoms with Gasteiger partial charge in [0, 0.05) is 12.2 Å². The second kappa shape index (κ2) is 11.7. The number of carbonyl (C=O) groups excluding carboxylic acids is 1. The first-order chi connectivity index (χ1) is 17.4. The number of amides is 1. The largest absolute Gasteiger partial charge is 0.486 e. The third-order valence-electron chi connectivity index (χ3n) is 5.68. The number of ether oxygens (including phenoxy) is 1. The van der Waals surface area contributed by atoms with E-state index in [1.165, 1.54) is 11.8 Å². The first kappa shape index (κ1) is 25.3. The van der Waals surface area contributed by atoms with E-state index in [2.05, 4.69) is 22.1 Å². The number of rotatable bonds is 10. The number of allylic oxidation sites excluding steroid dienone is 1. The van der Waals surface area contributed by atoms with Crippen LogP contribution in [0.2, 0.25) is 0 Å². The Balaban J connectivity index is 1.60. The molecule has 1 amide bonds. The van der Waals surface area contributed by atoms with Crippen molar-refractivity contribution in [3.63, 3.8) is 0 Å². The lowest BCUT2D eigenvalue weighted by Gasteiger charge is -2.18. The summed E-state index contributed by atoms with van der Waals surface area (Å²) in [7, 11) is 0. The number of nitrogens with one attached hydrogen (secondary N) is 1. The maximum Gasteiger partial charge on any atom is 0.242 e. The van der Waals surface area contributed by atoms with Crippen LogP contribution in [0, 0.1) is 20.8 Å². The van der Waals surface area contributed by atoms with E-state index in [9.17, 15) is 4.79 Å². The number of nitrogens with zero attached hydrogens (tertiary/aromatic N) is 3. The lowest BCUT2D eigenvalue weighted by molar-refractivity contribution is -0.115. The molecular weight excluding hydrogens is 468 g/mol. The Morgan fingerprint density at radius 2 is 1.81 bits per heavy atom. The molecule has 1 heterocycles. The lowest BCUT2D eigenvalue weighted by Crippen LogP contribution is -2.20. The molecule has 0 fully saturated rings. The Morgan fingerprint density at radius 1 is 1.03 bits per heavy atom.